The summed E-state index contributed by atoms with van der Waals surface area (Å²) in [4.78, 5) is 12.1. The Bertz CT molecular complexity index is 320. The van der Waals surface area contributed by atoms with E-state index >= 15 is 0 Å². The number of nitriles is 1. The van der Waals surface area contributed by atoms with Crippen molar-refractivity contribution in [3.8, 4) is 6.07 Å². The summed E-state index contributed by atoms with van der Waals surface area (Å²) in [6.07, 6.45) is 8.39. The summed E-state index contributed by atoms with van der Waals surface area (Å²) < 4.78 is 0. The lowest BCUT2D eigenvalue weighted by Crippen LogP contribution is -2.49. The van der Waals surface area contributed by atoms with Crippen LogP contribution in [0.25, 0.3) is 0 Å². The molecule has 2 aliphatic carbocycles. The standard InChI is InChI=1S/C14H22N2O/c1-2-11-4-6-12(7-5-11)16-13(17)14(10-15)8-3-9-14/h11-12H,2-9H2,1H3,(H,16,17). The van der Waals surface area contributed by atoms with Crippen LogP contribution in [0.4, 0.5) is 0 Å². The number of amides is 1. The van der Waals surface area contributed by atoms with E-state index in [9.17, 15) is 4.79 Å². The second kappa shape index (κ2) is 5.08. The maximum atomic E-state index is 12.1. The Balaban J connectivity index is 1.82. The van der Waals surface area contributed by atoms with Gasteiger partial charge < -0.3 is 5.32 Å². The predicted molar refractivity (Wildman–Crippen MR) is 66.1 cm³/mol. The molecule has 0 aromatic heterocycles. The molecule has 17 heavy (non-hydrogen) atoms. The van der Waals surface area contributed by atoms with E-state index < -0.39 is 5.41 Å². The van der Waals surface area contributed by atoms with Crippen LogP contribution in [0.1, 0.15) is 58.3 Å². The molecule has 0 spiro atoms. The molecule has 0 unspecified atom stereocenters. The lowest BCUT2D eigenvalue weighted by Gasteiger charge is -2.36. The van der Waals surface area contributed by atoms with Crippen molar-refractivity contribution in [1.29, 1.82) is 5.26 Å². The molecule has 1 N–H and O–H groups in total. The molecule has 94 valence electrons. The fraction of sp³-hybridized carbons (Fsp3) is 0.857. The molecule has 0 radical (unpaired) electrons. The van der Waals surface area contributed by atoms with E-state index in [-0.39, 0.29) is 5.91 Å². The van der Waals surface area contributed by atoms with Crippen LogP contribution in [0.2, 0.25) is 0 Å². The number of hydrogen-bond donors (Lipinski definition) is 1. The molecular weight excluding hydrogens is 212 g/mol. The van der Waals surface area contributed by atoms with Crippen LogP contribution in [-0.4, -0.2) is 11.9 Å². The van der Waals surface area contributed by atoms with E-state index in [2.05, 4.69) is 18.3 Å². The van der Waals surface area contributed by atoms with E-state index in [0.29, 0.717) is 6.04 Å². The van der Waals surface area contributed by atoms with E-state index in [4.69, 9.17) is 5.26 Å². The molecule has 0 aliphatic heterocycles. The van der Waals surface area contributed by atoms with E-state index in [1.54, 1.807) is 0 Å². The fourth-order valence-electron chi connectivity index (χ4n) is 2.96. The largest absolute Gasteiger partial charge is 0.352 e. The Labute approximate surface area is 104 Å². The summed E-state index contributed by atoms with van der Waals surface area (Å²) in [6, 6.07) is 2.53. The first-order valence-electron chi connectivity index (χ1n) is 6.92. The van der Waals surface area contributed by atoms with Gasteiger partial charge in [0.15, 0.2) is 0 Å². The van der Waals surface area contributed by atoms with Gasteiger partial charge in [0.1, 0.15) is 5.41 Å². The van der Waals surface area contributed by atoms with Crippen LogP contribution in [0.15, 0.2) is 0 Å². The second-order valence-electron chi connectivity index (χ2n) is 5.65. The smallest absolute Gasteiger partial charge is 0.240 e. The highest BCUT2D eigenvalue weighted by Crippen LogP contribution is 2.40. The van der Waals surface area contributed by atoms with Gasteiger partial charge in [0.05, 0.1) is 6.07 Å². The van der Waals surface area contributed by atoms with Crippen LogP contribution in [0.5, 0.6) is 0 Å². The molecule has 0 atom stereocenters. The minimum Gasteiger partial charge on any atom is -0.352 e. The van der Waals surface area contributed by atoms with Gasteiger partial charge in [0.2, 0.25) is 5.91 Å². The van der Waals surface area contributed by atoms with E-state index in [1.807, 2.05) is 0 Å². The first kappa shape index (κ1) is 12.4. The van der Waals surface area contributed by atoms with Gasteiger partial charge in [0, 0.05) is 6.04 Å². The number of hydrogen-bond acceptors (Lipinski definition) is 2. The molecular formula is C14H22N2O. The highest BCUT2D eigenvalue weighted by molar-refractivity contribution is 5.86. The van der Waals surface area contributed by atoms with Gasteiger partial charge in [-0.1, -0.05) is 13.3 Å². The third-order valence-electron chi connectivity index (χ3n) is 4.62. The van der Waals surface area contributed by atoms with Gasteiger partial charge >= 0.3 is 0 Å². The summed E-state index contributed by atoms with van der Waals surface area (Å²) in [7, 11) is 0. The van der Waals surface area contributed by atoms with Crippen LogP contribution in [-0.2, 0) is 4.79 Å². The van der Waals surface area contributed by atoms with Crippen LogP contribution < -0.4 is 5.32 Å². The van der Waals surface area contributed by atoms with Crippen molar-refractivity contribution >= 4 is 5.91 Å². The number of rotatable bonds is 3. The highest BCUT2D eigenvalue weighted by atomic mass is 16.2. The zero-order valence-corrected chi connectivity index (χ0v) is 10.7. The lowest BCUT2D eigenvalue weighted by molar-refractivity contribution is -0.132. The summed E-state index contributed by atoms with van der Waals surface area (Å²) >= 11 is 0. The van der Waals surface area contributed by atoms with E-state index in [0.717, 1.165) is 38.0 Å². The van der Waals surface area contributed by atoms with Gasteiger partial charge in [-0.3, -0.25) is 4.79 Å². The number of carbonyl (C=O) groups excluding carboxylic acids is 1. The van der Waals surface area contributed by atoms with Crippen molar-refractivity contribution in [2.45, 2.75) is 64.3 Å². The van der Waals surface area contributed by atoms with Gasteiger partial charge in [0.25, 0.3) is 0 Å². The summed E-state index contributed by atoms with van der Waals surface area (Å²) in [5.41, 5.74) is -0.679. The molecule has 0 aromatic rings. The molecule has 2 rings (SSSR count). The second-order valence-corrected chi connectivity index (χ2v) is 5.65. The lowest BCUT2D eigenvalue weighted by atomic mass is 9.69. The minimum atomic E-state index is -0.679. The number of nitrogens with zero attached hydrogens (tertiary/aromatic N) is 1. The normalized spacial score (nSPS) is 31.1. The Morgan fingerprint density at radius 3 is 2.41 bits per heavy atom. The molecule has 0 saturated heterocycles. The average molecular weight is 234 g/mol. The molecule has 0 bridgehead atoms. The molecule has 1 amide bonds. The van der Waals surface area contributed by atoms with E-state index in [1.165, 1.54) is 19.3 Å². The number of nitrogens with one attached hydrogen (secondary N) is 1. The van der Waals surface area contributed by atoms with Gasteiger partial charge in [-0.2, -0.15) is 5.26 Å². The molecule has 3 heteroatoms. The first-order valence-corrected chi connectivity index (χ1v) is 6.92. The third kappa shape index (κ3) is 2.46. The maximum absolute atomic E-state index is 12.1. The quantitative estimate of drug-likeness (QED) is 0.816. The molecule has 2 aliphatic rings. The molecule has 0 heterocycles. The van der Waals surface area contributed by atoms with Crippen molar-refractivity contribution in [3.05, 3.63) is 0 Å². The van der Waals surface area contributed by atoms with Crippen LogP contribution >= 0.6 is 0 Å². The fourth-order valence-corrected chi connectivity index (χ4v) is 2.96. The van der Waals surface area contributed by atoms with Crippen molar-refractivity contribution < 1.29 is 4.79 Å². The topological polar surface area (TPSA) is 52.9 Å². The van der Waals surface area contributed by atoms with Crippen molar-refractivity contribution in [3.63, 3.8) is 0 Å². The molecule has 2 saturated carbocycles. The maximum Gasteiger partial charge on any atom is 0.240 e. The SMILES string of the molecule is CCC1CCC(NC(=O)C2(C#N)CCC2)CC1. The highest BCUT2D eigenvalue weighted by Gasteiger charge is 2.45. The monoisotopic (exact) mass is 234 g/mol. The summed E-state index contributed by atoms with van der Waals surface area (Å²) in [6.45, 7) is 2.24. The number of carbonyl (C=O) groups is 1. The predicted octanol–water partition coefficient (Wildman–Crippen LogP) is 2.77. The minimum absolute atomic E-state index is 0.00815. The van der Waals surface area contributed by atoms with Gasteiger partial charge in [-0.05, 0) is 50.9 Å². The molecule has 3 nitrogen and oxygen atoms in total. The average Bonchev–Trinajstić information content (AvgIpc) is 2.29. The van der Waals surface area contributed by atoms with Gasteiger partial charge in [-0.15, -0.1) is 0 Å². The van der Waals surface area contributed by atoms with Crippen LogP contribution in [0, 0.1) is 22.7 Å². The summed E-state index contributed by atoms with van der Waals surface area (Å²) in [5, 5.41) is 12.2. The van der Waals surface area contributed by atoms with Crippen molar-refractivity contribution in [2.24, 2.45) is 11.3 Å². The molecule has 0 aromatic carbocycles. The summed E-state index contributed by atoms with van der Waals surface area (Å²) in [5.74, 6) is 0.836. The Morgan fingerprint density at radius 1 is 1.35 bits per heavy atom. The first-order chi connectivity index (χ1) is 8.20. The van der Waals surface area contributed by atoms with Crippen LogP contribution in [0.3, 0.4) is 0 Å². The zero-order chi connectivity index (χ0) is 12.3. The molecule has 2 fully saturated rings. The Morgan fingerprint density at radius 2 is 2.00 bits per heavy atom. The van der Waals surface area contributed by atoms with Crippen molar-refractivity contribution in [2.75, 3.05) is 0 Å². The Hall–Kier alpha value is -1.04. The third-order valence-corrected chi connectivity index (χ3v) is 4.62. The zero-order valence-electron chi connectivity index (χ0n) is 10.7. The Kier molecular flexibility index (Phi) is 3.71. The van der Waals surface area contributed by atoms with Gasteiger partial charge in [-0.25, -0.2) is 0 Å². The van der Waals surface area contributed by atoms with Crippen molar-refractivity contribution in [1.82, 2.24) is 5.32 Å².